The molecule has 1 aliphatic carbocycles. The fraction of sp³-hybridized carbons (Fsp3) is 0.391. The van der Waals surface area contributed by atoms with E-state index in [1.54, 1.807) is 6.07 Å². The van der Waals surface area contributed by atoms with Gasteiger partial charge in [-0.3, -0.25) is 9.59 Å². The SMILES string of the molecule is CS(=O)(=O)CCCNC(=O)C1CCc2[nH]c3ncnc(Nc4cccc5c4CNC5=O)c3c2C1. The van der Waals surface area contributed by atoms with E-state index in [1.807, 2.05) is 12.1 Å². The summed E-state index contributed by atoms with van der Waals surface area (Å²) in [6.07, 6.45) is 5.05. The van der Waals surface area contributed by atoms with Gasteiger partial charge in [0.2, 0.25) is 5.91 Å². The minimum Gasteiger partial charge on any atom is -0.356 e. The largest absolute Gasteiger partial charge is 0.356 e. The molecule has 0 radical (unpaired) electrons. The minimum atomic E-state index is -3.04. The van der Waals surface area contributed by atoms with Crippen LogP contribution in [0.3, 0.4) is 0 Å². The molecule has 1 aliphatic heterocycles. The van der Waals surface area contributed by atoms with E-state index >= 15 is 0 Å². The number of benzene rings is 1. The Kier molecular flexibility index (Phi) is 5.72. The molecular formula is C23H26N6O4S. The number of aryl methyl sites for hydroxylation is 1. The number of nitrogens with zero attached hydrogens (tertiary/aromatic N) is 2. The number of anilines is 2. The van der Waals surface area contributed by atoms with Gasteiger partial charge in [-0.1, -0.05) is 6.07 Å². The highest BCUT2D eigenvalue weighted by Gasteiger charge is 2.29. The monoisotopic (exact) mass is 482 g/mol. The summed E-state index contributed by atoms with van der Waals surface area (Å²) in [5.41, 5.74) is 5.13. The van der Waals surface area contributed by atoms with Gasteiger partial charge in [0, 0.05) is 47.8 Å². The maximum Gasteiger partial charge on any atom is 0.251 e. The molecule has 4 N–H and O–H groups in total. The van der Waals surface area contributed by atoms with E-state index in [2.05, 4.69) is 30.9 Å². The lowest BCUT2D eigenvalue weighted by Gasteiger charge is -2.22. The van der Waals surface area contributed by atoms with E-state index in [1.165, 1.54) is 12.6 Å². The molecule has 3 aromatic rings. The zero-order chi connectivity index (χ0) is 23.9. The maximum absolute atomic E-state index is 12.8. The first-order valence-electron chi connectivity index (χ1n) is 11.3. The second kappa shape index (κ2) is 8.71. The normalized spacial score (nSPS) is 17.2. The van der Waals surface area contributed by atoms with Crippen LogP contribution in [0.25, 0.3) is 11.0 Å². The lowest BCUT2D eigenvalue weighted by atomic mass is 9.86. The van der Waals surface area contributed by atoms with Crippen LogP contribution in [-0.4, -0.2) is 53.7 Å². The quantitative estimate of drug-likeness (QED) is 0.374. The first-order valence-corrected chi connectivity index (χ1v) is 13.3. The molecule has 2 aromatic heterocycles. The molecule has 0 spiro atoms. The topological polar surface area (TPSA) is 146 Å². The maximum atomic E-state index is 12.8. The van der Waals surface area contributed by atoms with Crippen molar-refractivity contribution in [3.05, 3.63) is 46.9 Å². The molecule has 0 saturated carbocycles. The second-order valence-electron chi connectivity index (χ2n) is 8.88. The van der Waals surface area contributed by atoms with Crippen LogP contribution in [0.15, 0.2) is 24.5 Å². The third-order valence-electron chi connectivity index (χ3n) is 6.44. The van der Waals surface area contributed by atoms with Gasteiger partial charge >= 0.3 is 0 Å². The van der Waals surface area contributed by atoms with Crippen LogP contribution >= 0.6 is 0 Å². The van der Waals surface area contributed by atoms with Crippen molar-refractivity contribution in [2.45, 2.75) is 32.2 Å². The lowest BCUT2D eigenvalue weighted by molar-refractivity contribution is -0.125. The van der Waals surface area contributed by atoms with Crippen LogP contribution in [0.1, 0.15) is 40.0 Å². The number of amides is 2. The number of rotatable bonds is 7. The predicted molar refractivity (Wildman–Crippen MR) is 128 cm³/mol. The Morgan fingerprint density at radius 2 is 2.09 bits per heavy atom. The first-order chi connectivity index (χ1) is 16.3. The molecule has 1 atom stereocenters. The van der Waals surface area contributed by atoms with Crippen molar-refractivity contribution < 1.29 is 18.0 Å². The first kappa shape index (κ1) is 22.3. The number of aromatic amines is 1. The van der Waals surface area contributed by atoms with Crippen molar-refractivity contribution in [3.8, 4) is 0 Å². The summed E-state index contributed by atoms with van der Waals surface area (Å²) in [4.78, 5) is 37.1. The number of H-pyrrole nitrogens is 1. The van der Waals surface area contributed by atoms with Gasteiger partial charge in [0.25, 0.3) is 5.91 Å². The number of hydrogen-bond acceptors (Lipinski definition) is 7. The molecule has 5 rings (SSSR count). The molecule has 34 heavy (non-hydrogen) atoms. The molecule has 0 fully saturated rings. The van der Waals surface area contributed by atoms with Gasteiger partial charge in [-0.05, 0) is 43.4 Å². The van der Waals surface area contributed by atoms with Gasteiger partial charge in [-0.25, -0.2) is 18.4 Å². The lowest BCUT2D eigenvalue weighted by Crippen LogP contribution is -2.35. The standard InChI is InChI=1S/C23H26N6O4S/c1-34(32,33)9-3-8-24-22(30)13-6-7-18-15(10-13)19-20(26-12-27-21(19)29-18)28-17-5-2-4-14-16(17)11-25-23(14)31/h2,4-5,12-13H,3,6-11H2,1H3,(H,24,30)(H,25,31)(H2,26,27,28,29). The Morgan fingerprint density at radius 3 is 2.91 bits per heavy atom. The molecule has 2 aliphatic rings. The zero-order valence-electron chi connectivity index (χ0n) is 18.8. The molecule has 1 unspecified atom stereocenters. The molecule has 0 bridgehead atoms. The third-order valence-corrected chi connectivity index (χ3v) is 7.47. The molecule has 10 nitrogen and oxygen atoms in total. The van der Waals surface area contributed by atoms with Crippen LogP contribution in [0, 0.1) is 5.92 Å². The summed E-state index contributed by atoms with van der Waals surface area (Å²) in [5, 5.41) is 9.96. The molecular weight excluding hydrogens is 456 g/mol. The van der Waals surface area contributed by atoms with Crippen molar-refractivity contribution in [2.24, 2.45) is 5.92 Å². The molecule has 2 amide bonds. The molecule has 3 heterocycles. The van der Waals surface area contributed by atoms with Crippen LogP contribution < -0.4 is 16.0 Å². The summed E-state index contributed by atoms with van der Waals surface area (Å²) in [6.45, 7) is 0.795. The van der Waals surface area contributed by atoms with Crippen LogP contribution in [0.5, 0.6) is 0 Å². The number of carbonyl (C=O) groups is 2. The van der Waals surface area contributed by atoms with Crippen LogP contribution in [-0.2, 0) is 34.0 Å². The highest BCUT2D eigenvalue weighted by Crippen LogP contribution is 2.36. The van der Waals surface area contributed by atoms with E-state index in [0.717, 1.165) is 27.9 Å². The molecule has 11 heteroatoms. The summed E-state index contributed by atoms with van der Waals surface area (Å²) < 4.78 is 22.6. The Balaban J connectivity index is 1.37. The molecule has 1 aromatic carbocycles. The van der Waals surface area contributed by atoms with Gasteiger partial charge in [0.1, 0.15) is 27.6 Å². The van der Waals surface area contributed by atoms with Crippen molar-refractivity contribution in [1.29, 1.82) is 0 Å². The van der Waals surface area contributed by atoms with Crippen molar-refractivity contribution >= 4 is 44.2 Å². The van der Waals surface area contributed by atoms with E-state index in [0.29, 0.717) is 55.8 Å². The van der Waals surface area contributed by atoms with Gasteiger partial charge in [0.05, 0.1) is 11.1 Å². The minimum absolute atomic E-state index is 0.0568. The average Bonchev–Trinajstić information content (AvgIpc) is 3.37. The smallest absolute Gasteiger partial charge is 0.251 e. The highest BCUT2D eigenvalue weighted by molar-refractivity contribution is 7.90. The Morgan fingerprint density at radius 1 is 1.24 bits per heavy atom. The Hall–Kier alpha value is -3.47. The van der Waals surface area contributed by atoms with E-state index in [-0.39, 0.29) is 23.5 Å². The molecule has 178 valence electrons. The average molecular weight is 483 g/mol. The van der Waals surface area contributed by atoms with Gasteiger partial charge < -0.3 is 20.9 Å². The van der Waals surface area contributed by atoms with Crippen LogP contribution in [0.4, 0.5) is 11.5 Å². The number of hydrogen-bond donors (Lipinski definition) is 4. The zero-order valence-corrected chi connectivity index (χ0v) is 19.6. The van der Waals surface area contributed by atoms with Gasteiger partial charge in [-0.15, -0.1) is 0 Å². The molecule has 0 saturated heterocycles. The Labute approximate surface area is 196 Å². The summed E-state index contributed by atoms with van der Waals surface area (Å²) in [7, 11) is -3.04. The van der Waals surface area contributed by atoms with Crippen molar-refractivity contribution in [1.82, 2.24) is 25.6 Å². The van der Waals surface area contributed by atoms with Crippen LogP contribution in [0.2, 0.25) is 0 Å². The van der Waals surface area contributed by atoms with E-state index in [9.17, 15) is 18.0 Å². The fourth-order valence-electron chi connectivity index (χ4n) is 4.75. The van der Waals surface area contributed by atoms with E-state index < -0.39 is 9.84 Å². The number of aromatic nitrogens is 3. The number of sulfone groups is 1. The Bertz CT molecular complexity index is 1400. The number of fused-ring (bicyclic) bond motifs is 4. The fourth-order valence-corrected chi connectivity index (χ4v) is 5.42. The third kappa shape index (κ3) is 4.35. The second-order valence-corrected chi connectivity index (χ2v) is 11.1. The van der Waals surface area contributed by atoms with E-state index in [4.69, 9.17) is 0 Å². The summed E-state index contributed by atoms with van der Waals surface area (Å²) in [6, 6.07) is 5.55. The highest BCUT2D eigenvalue weighted by atomic mass is 32.2. The van der Waals surface area contributed by atoms with Gasteiger partial charge in [0.15, 0.2) is 0 Å². The van der Waals surface area contributed by atoms with Crippen molar-refractivity contribution in [3.63, 3.8) is 0 Å². The van der Waals surface area contributed by atoms with Crippen molar-refractivity contribution in [2.75, 3.05) is 23.9 Å². The predicted octanol–water partition coefficient (Wildman–Crippen LogP) is 1.60. The van der Waals surface area contributed by atoms with Gasteiger partial charge in [-0.2, -0.15) is 0 Å². The number of nitrogens with one attached hydrogen (secondary N) is 4. The summed E-state index contributed by atoms with van der Waals surface area (Å²) >= 11 is 0. The number of carbonyl (C=O) groups excluding carboxylic acids is 2. The summed E-state index contributed by atoms with van der Waals surface area (Å²) in [5.74, 6) is 0.326.